The zero-order valence-electron chi connectivity index (χ0n) is 13.3. The Hall–Kier alpha value is -3.19. The number of hydrogen-bond donors (Lipinski definition) is 3. The van der Waals surface area contributed by atoms with Crippen molar-refractivity contribution in [3.63, 3.8) is 0 Å². The highest BCUT2D eigenvalue weighted by Gasteiger charge is 2.13. The van der Waals surface area contributed by atoms with E-state index in [4.69, 9.17) is 0 Å². The smallest absolute Gasteiger partial charge is 0.221 e. The lowest BCUT2D eigenvalue weighted by Crippen LogP contribution is -2.04. The molecule has 25 heavy (non-hydrogen) atoms. The van der Waals surface area contributed by atoms with Crippen LogP contribution in [0.1, 0.15) is 12.5 Å². The Kier molecular flexibility index (Phi) is 3.70. The Morgan fingerprint density at radius 3 is 2.84 bits per heavy atom. The summed E-state index contributed by atoms with van der Waals surface area (Å²) in [6, 6.07) is 11.0. The van der Waals surface area contributed by atoms with Crippen LogP contribution in [0.2, 0.25) is 0 Å². The number of aromatic hydroxyl groups is 1. The first-order chi connectivity index (χ1) is 12.1. The molecule has 2 heterocycles. The van der Waals surface area contributed by atoms with E-state index in [-0.39, 0.29) is 11.8 Å². The first-order valence-electron chi connectivity index (χ1n) is 7.60. The Bertz CT molecular complexity index is 1110. The number of H-pyrrole nitrogens is 1. The number of aromatic nitrogens is 2. The molecule has 0 radical (unpaired) electrons. The summed E-state index contributed by atoms with van der Waals surface area (Å²) in [5, 5.41) is 13.9. The van der Waals surface area contributed by atoms with Crippen LogP contribution in [0.25, 0.3) is 21.1 Å². The van der Waals surface area contributed by atoms with Crippen molar-refractivity contribution in [3.05, 3.63) is 47.5 Å². The number of fused-ring (bicyclic) bond motifs is 3. The summed E-state index contributed by atoms with van der Waals surface area (Å²) in [6.45, 7) is 1.46. The van der Waals surface area contributed by atoms with Gasteiger partial charge in [-0.05, 0) is 36.4 Å². The number of carbonyl (C=O) groups is 1. The van der Waals surface area contributed by atoms with E-state index in [0.29, 0.717) is 11.3 Å². The average molecular weight is 350 g/mol. The van der Waals surface area contributed by atoms with Gasteiger partial charge in [-0.2, -0.15) is 0 Å². The van der Waals surface area contributed by atoms with Crippen LogP contribution in [0.5, 0.6) is 5.88 Å². The zero-order chi connectivity index (χ0) is 17.4. The highest BCUT2D eigenvalue weighted by molar-refractivity contribution is 7.17. The molecule has 0 spiro atoms. The third kappa shape index (κ3) is 2.85. The molecule has 3 N–H and O–H groups in total. The second-order valence-electron chi connectivity index (χ2n) is 5.56. The van der Waals surface area contributed by atoms with Gasteiger partial charge in [0, 0.05) is 24.2 Å². The van der Waals surface area contributed by atoms with Gasteiger partial charge in [-0.1, -0.05) is 0 Å². The van der Waals surface area contributed by atoms with Crippen molar-refractivity contribution in [2.45, 2.75) is 6.92 Å². The lowest BCUT2D eigenvalue weighted by molar-refractivity contribution is -0.114. The molecule has 2 aromatic heterocycles. The van der Waals surface area contributed by atoms with E-state index in [1.54, 1.807) is 36.0 Å². The predicted octanol–water partition coefficient (Wildman–Crippen LogP) is 4.19. The van der Waals surface area contributed by atoms with Gasteiger partial charge in [-0.3, -0.25) is 9.79 Å². The highest BCUT2D eigenvalue weighted by atomic mass is 32.1. The maximum atomic E-state index is 11.0. The molecule has 4 aromatic rings. The van der Waals surface area contributed by atoms with Crippen molar-refractivity contribution < 1.29 is 9.90 Å². The van der Waals surface area contributed by atoms with Gasteiger partial charge in [-0.25, -0.2) is 4.98 Å². The van der Waals surface area contributed by atoms with Gasteiger partial charge in [0.2, 0.25) is 5.91 Å². The number of nitrogens with one attached hydrogen (secondary N) is 2. The molecule has 0 bridgehead atoms. The quantitative estimate of drug-likeness (QED) is 0.484. The van der Waals surface area contributed by atoms with E-state index in [9.17, 15) is 9.90 Å². The largest absolute Gasteiger partial charge is 0.494 e. The molecule has 2 aromatic carbocycles. The summed E-state index contributed by atoms with van der Waals surface area (Å²) in [7, 11) is 0. The van der Waals surface area contributed by atoms with Gasteiger partial charge in [-0.15, -0.1) is 11.3 Å². The van der Waals surface area contributed by atoms with Crippen LogP contribution in [-0.4, -0.2) is 27.2 Å². The number of hydrogen-bond acceptors (Lipinski definition) is 5. The van der Waals surface area contributed by atoms with Crippen LogP contribution in [0.3, 0.4) is 0 Å². The fourth-order valence-corrected chi connectivity index (χ4v) is 3.56. The number of carbonyl (C=O) groups excluding carboxylic acids is 1. The standard InChI is InChI=1S/C18H14N4O2S/c1-10(23)21-12-4-2-11(3-5-12)19-8-13-16-14(22-18(13)24)6-7-15-17(16)25-9-20-15/h2-9,22,24H,1H3,(H,21,23). The minimum atomic E-state index is -0.117. The molecule has 0 aliphatic carbocycles. The molecule has 7 heteroatoms. The molecule has 0 unspecified atom stereocenters. The van der Waals surface area contributed by atoms with Crippen molar-refractivity contribution >= 4 is 56.0 Å². The maximum Gasteiger partial charge on any atom is 0.221 e. The zero-order valence-corrected chi connectivity index (χ0v) is 14.1. The van der Waals surface area contributed by atoms with E-state index < -0.39 is 0 Å². The Morgan fingerprint density at radius 2 is 2.08 bits per heavy atom. The molecular weight excluding hydrogens is 336 g/mol. The molecule has 0 aliphatic heterocycles. The number of aliphatic imine (C=N–C) groups is 1. The minimum Gasteiger partial charge on any atom is -0.494 e. The summed E-state index contributed by atoms with van der Waals surface area (Å²) in [6.07, 6.45) is 1.64. The number of rotatable bonds is 3. The van der Waals surface area contributed by atoms with Crippen LogP contribution >= 0.6 is 11.3 Å². The molecular formula is C18H14N4O2S. The van der Waals surface area contributed by atoms with Crippen molar-refractivity contribution in [1.29, 1.82) is 0 Å². The summed E-state index contributed by atoms with van der Waals surface area (Å²) >= 11 is 1.53. The van der Waals surface area contributed by atoms with Gasteiger partial charge in [0.15, 0.2) is 5.88 Å². The number of anilines is 1. The minimum absolute atomic E-state index is 0.0783. The lowest BCUT2D eigenvalue weighted by Gasteiger charge is -2.01. The molecule has 0 saturated heterocycles. The summed E-state index contributed by atoms with van der Waals surface area (Å²) in [5.41, 5.74) is 5.60. The van der Waals surface area contributed by atoms with Crippen molar-refractivity contribution in [2.75, 3.05) is 5.32 Å². The van der Waals surface area contributed by atoms with E-state index in [0.717, 1.165) is 26.8 Å². The van der Waals surface area contributed by atoms with Gasteiger partial charge in [0.1, 0.15) is 0 Å². The summed E-state index contributed by atoms with van der Waals surface area (Å²) < 4.78 is 1.01. The van der Waals surface area contributed by atoms with Crippen LogP contribution in [-0.2, 0) is 4.79 Å². The second-order valence-corrected chi connectivity index (χ2v) is 6.42. The average Bonchev–Trinajstić information content (AvgIpc) is 3.17. The van der Waals surface area contributed by atoms with Gasteiger partial charge >= 0.3 is 0 Å². The first-order valence-corrected chi connectivity index (χ1v) is 8.48. The number of amides is 1. The maximum absolute atomic E-state index is 11.0. The van der Waals surface area contributed by atoms with Crippen LogP contribution in [0, 0.1) is 0 Å². The molecule has 4 rings (SSSR count). The van der Waals surface area contributed by atoms with Gasteiger partial charge < -0.3 is 15.4 Å². The van der Waals surface area contributed by atoms with Crippen molar-refractivity contribution in [1.82, 2.24) is 9.97 Å². The summed E-state index contributed by atoms with van der Waals surface area (Å²) in [4.78, 5) is 22.8. The monoisotopic (exact) mass is 350 g/mol. The third-order valence-electron chi connectivity index (χ3n) is 3.81. The van der Waals surface area contributed by atoms with Gasteiger partial charge in [0.05, 0.1) is 32.5 Å². The number of benzene rings is 2. The molecule has 0 saturated carbocycles. The van der Waals surface area contributed by atoms with Gasteiger partial charge in [0.25, 0.3) is 0 Å². The molecule has 0 aliphatic rings. The number of aromatic amines is 1. The van der Waals surface area contributed by atoms with E-state index in [2.05, 4.69) is 20.3 Å². The first kappa shape index (κ1) is 15.3. The number of nitrogens with zero attached hydrogens (tertiary/aromatic N) is 2. The molecule has 6 nitrogen and oxygen atoms in total. The lowest BCUT2D eigenvalue weighted by atomic mass is 10.1. The van der Waals surface area contributed by atoms with E-state index in [1.807, 2.05) is 12.1 Å². The molecule has 0 fully saturated rings. The van der Waals surface area contributed by atoms with Crippen LogP contribution < -0.4 is 5.32 Å². The van der Waals surface area contributed by atoms with E-state index in [1.165, 1.54) is 18.3 Å². The second kappa shape index (κ2) is 6.03. The summed E-state index contributed by atoms with van der Waals surface area (Å²) in [5.74, 6) is -0.0388. The number of thiazole rings is 1. The van der Waals surface area contributed by atoms with Crippen LogP contribution in [0.15, 0.2) is 46.9 Å². The van der Waals surface area contributed by atoms with Crippen molar-refractivity contribution in [2.24, 2.45) is 4.99 Å². The molecule has 0 atom stereocenters. The Balaban J connectivity index is 1.72. The molecule has 124 valence electrons. The third-order valence-corrected chi connectivity index (χ3v) is 4.67. The predicted molar refractivity (Wildman–Crippen MR) is 101 cm³/mol. The van der Waals surface area contributed by atoms with Crippen molar-refractivity contribution in [3.8, 4) is 5.88 Å². The van der Waals surface area contributed by atoms with E-state index >= 15 is 0 Å². The fourth-order valence-electron chi connectivity index (χ4n) is 2.71. The molecule has 1 amide bonds. The SMILES string of the molecule is CC(=O)Nc1ccc(N=Cc2c(O)[nH]c3ccc4ncsc4c23)cc1. The Labute approximate surface area is 146 Å². The Morgan fingerprint density at radius 1 is 1.28 bits per heavy atom. The highest BCUT2D eigenvalue weighted by Crippen LogP contribution is 2.34. The fraction of sp³-hybridized carbons (Fsp3) is 0.0556. The normalized spacial score (nSPS) is 11.6. The van der Waals surface area contributed by atoms with Crippen LogP contribution in [0.4, 0.5) is 11.4 Å². The topological polar surface area (TPSA) is 90.4 Å².